The summed E-state index contributed by atoms with van der Waals surface area (Å²) >= 11 is 5.19. The fourth-order valence-electron chi connectivity index (χ4n) is 2.97. The van der Waals surface area contributed by atoms with E-state index in [0.717, 1.165) is 45.8 Å². The highest BCUT2D eigenvalue weighted by atomic mass is 32.1. The van der Waals surface area contributed by atoms with Crippen molar-refractivity contribution in [2.75, 3.05) is 39.3 Å². The third kappa shape index (κ3) is 3.63. The Hall–Kier alpha value is -0.230. The van der Waals surface area contributed by atoms with Crippen LogP contribution >= 0.6 is 12.2 Å². The molecular weight excluding hydrogens is 246 g/mol. The van der Waals surface area contributed by atoms with Gasteiger partial charge in [0.25, 0.3) is 0 Å². The van der Waals surface area contributed by atoms with Crippen molar-refractivity contribution in [1.82, 2.24) is 9.80 Å². The molecule has 2 heterocycles. The molecule has 0 bridgehead atoms. The second-order valence-corrected chi connectivity index (χ2v) is 5.77. The van der Waals surface area contributed by atoms with Gasteiger partial charge in [0.2, 0.25) is 0 Å². The van der Waals surface area contributed by atoms with Crippen molar-refractivity contribution in [2.45, 2.75) is 38.3 Å². The van der Waals surface area contributed by atoms with Crippen LogP contribution in [-0.4, -0.2) is 66.3 Å². The van der Waals surface area contributed by atoms with E-state index in [-0.39, 0.29) is 6.04 Å². The van der Waals surface area contributed by atoms with E-state index in [1.807, 2.05) is 0 Å². The minimum Gasteiger partial charge on any atom is -0.392 e. The van der Waals surface area contributed by atoms with Gasteiger partial charge in [-0.2, -0.15) is 0 Å². The molecule has 0 spiro atoms. The van der Waals surface area contributed by atoms with Gasteiger partial charge in [-0.3, -0.25) is 9.80 Å². The van der Waals surface area contributed by atoms with Crippen LogP contribution in [0.25, 0.3) is 0 Å². The van der Waals surface area contributed by atoms with E-state index in [0.29, 0.717) is 11.1 Å². The summed E-state index contributed by atoms with van der Waals surface area (Å²) < 4.78 is 5.87. The van der Waals surface area contributed by atoms with Gasteiger partial charge in [0.1, 0.15) is 0 Å². The van der Waals surface area contributed by atoms with Gasteiger partial charge in [0.15, 0.2) is 0 Å². The lowest BCUT2D eigenvalue weighted by Gasteiger charge is -2.40. The first-order valence-electron chi connectivity index (χ1n) is 7.08. The van der Waals surface area contributed by atoms with Crippen LogP contribution in [0.1, 0.15) is 26.2 Å². The molecule has 2 N–H and O–H groups in total. The summed E-state index contributed by atoms with van der Waals surface area (Å²) in [5.74, 6) is 0. The van der Waals surface area contributed by atoms with Gasteiger partial charge < -0.3 is 10.5 Å². The van der Waals surface area contributed by atoms with Crippen molar-refractivity contribution in [3.05, 3.63) is 0 Å². The number of likely N-dealkylation sites (N-methyl/N-ethyl adjacent to an activating group) is 1. The van der Waals surface area contributed by atoms with Crippen molar-refractivity contribution >= 4 is 17.2 Å². The van der Waals surface area contributed by atoms with E-state index in [9.17, 15) is 0 Å². The number of likely N-dealkylation sites (tertiary alicyclic amines) is 1. The third-order valence-corrected chi connectivity index (χ3v) is 4.32. The summed E-state index contributed by atoms with van der Waals surface area (Å²) in [7, 11) is 0. The van der Waals surface area contributed by atoms with Gasteiger partial charge in [-0.1, -0.05) is 25.6 Å². The maximum Gasteiger partial charge on any atom is 0.0902 e. The Morgan fingerprint density at radius 1 is 1.39 bits per heavy atom. The average molecular weight is 271 g/mol. The van der Waals surface area contributed by atoms with Gasteiger partial charge >= 0.3 is 0 Å². The summed E-state index contributed by atoms with van der Waals surface area (Å²) in [6.07, 6.45) is 3.92. The topological polar surface area (TPSA) is 41.7 Å². The Bertz CT molecular complexity index is 287. The number of ether oxygens (including phenoxy) is 1. The third-order valence-electron chi connectivity index (χ3n) is 4.05. The van der Waals surface area contributed by atoms with Crippen molar-refractivity contribution in [1.29, 1.82) is 0 Å². The average Bonchev–Trinajstić information content (AvgIpc) is 2.39. The second kappa shape index (κ2) is 6.80. The Labute approximate surface area is 115 Å². The molecule has 0 aromatic carbocycles. The number of morpholine rings is 1. The number of nitrogens with two attached hydrogens (primary N) is 1. The quantitative estimate of drug-likeness (QED) is 0.768. The van der Waals surface area contributed by atoms with Gasteiger partial charge in [-0.15, -0.1) is 0 Å². The molecule has 0 aromatic rings. The minimum absolute atomic E-state index is 0.286. The largest absolute Gasteiger partial charge is 0.392 e. The summed E-state index contributed by atoms with van der Waals surface area (Å²) in [4.78, 5) is 5.53. The Balaban J connectivity index is 1.88. The number of hydrogen-bond acceptors (Lipinski definition) is 4. The molecule has 5 heteroatoms. The van der Waals surface area contributed by atoms with Crippen molar-refractivity contribution in [3.8, 4) is 0 Å². The van der Waals surface area contributed by atoms with Crippen LogP contribution in [0, 0.1) is 0 Å². The predicted octanol–water partition coefficient (Wildman–Crippen LogP) is 0.848. The lowest BCUT2D eigenvalue weighted by Crippen LogP contribution is -2.53. The van der Waals surface area contributed by atoms with Gasteiger partial charge in [-0.25, -0.2) is 0 Å². The first-order chi connectivity index (χ1) is 8.70. The van der Waals surface area contributed by atoms with E-state index in [4.69, 9.17) is 22.7 Å². The van der Waals surface area contributed by atoms with Gasteiger partial charge in [0.05, 0.1) is 23.7 Å². The molecule has 104 valence electrons. The maximum atomic E-state index is 5.87. The van der Waals surface area contributed by atoms with Crippen LogP contribution in [0.5, 0.6) is 0 Å². The molecule has 4 nitrogen and oxygen atoms in total. The zero-order valence-electron chi connectivity index (χ0n) is 11.3. The monoisotopic (exact) mass is 271 g/mol. The van der Waals surface area contributed by atoms with E-state index in [2.05, 4.69) is 16.7 Å². The van der Waals surface area contributed by atoms with Crippen molar-refractivity contribution in [2.24, 2.45) is 5.73 Å². The van der Waals surface area contributed by atoms with Crippen LogP contribution in [0.15, 0.2) is 0 Å². The van der Waals surface area contributed by atoms with Gasteiger partial charge in [0, 0.05) is 19.6 Å². The smallest absolute Gasteiger partial charge is 0.0902 e. The van der Waals surface area contributed by atoms with E-state index in [1.165, 1.54) is 12.8 Å². The number of thiocarbonyl (C=S) groups is 1. The zero-order valence-corrected chi connectivity index (χ0v) is 12.1. The summed E-state index contributed by atoms with van der Waals surface area (Å²) in [6, 6.07) is 0.286. The number of nitrogens with zero attached hydrogens (tertiary/aromatic N) is 2. The molecule has 18 heavy (non-hydrogen) atoms. The highest BCUT2D eigenvalue weighted by Gasteiger charge is 2.28. The molecule has 2 aliphatic heterocycles. The molecule has 0 aliphatic carbocycles. The molecule has 2 unspecified atom stereocenters. The number of rotatable bonds is 4. The molecular formula is C13H25N3OS. The van der Waals surface area contributed by atoms with Crippen molar-refractivity contribution < 1.29 is 4.74 Å². The Kier molecular flexibility index (Phi) is 5.36. The number of hydrogen-bond donors (Lipinski definition) is 1. The van der Waals surface area contributed by atoms with Crippen LogP contribution in [-0.2, 0) is 4.74 Å². The summed E-state index contributed by atoms with van der Waals surface area (Å²) in [5.41, 5.74) is 5.85. The standard InChI is InChI=1S/C13H25N3OS/c1-2-15-7-8-17-11(9-15)10-16-6-4-3-5-12(16)13(14)18/h11-12H,2-10H2,1H3,(H2,14,18). The summed E-state index contributed by atoms with van der Waals surface area (Å²) in [5, 5.41) is 0. The Morgan fingerprint density at radius 3 is 2.94 bits per heavy atom. The zero-order chi connectivity index (χ0) is 13.0. The van der Waals surface area contributed by atoms with Crippen molar-refractivity contribution in [3.63, 3.8) is 0 Å². The lowest BCUT2D eigenvalue weighted by molar-refractivity contribution is -0.0465. The van der Waals surface area contributed by atoms with Crippen LogP contribution < -0.4 is 5.73 Å². The molecule has 0 radical (unpaired) electrons. The van der Waals surface area contributed by atoms with Crippen LogP contribution in [0.4, 0.5) is 0 Å². The highest BCUT2D eigenvalue weighted by Crippen LogP contribution is 2.19. The number of piperidine rings is 1. The molecule has 2 aliphatic rings. The van der Waals surface area contributed by atoms with E-state index < -0.39 is 0 Å². The molecule has 2 atom stereocenters. The normalized spacial score (nSPS) is 31.4. The first-order valence-corrected chi connectivity index (χ1v) is 7.49. The molecule has 0 saturated carbocycles. The van der Waals surface area contributed by atoms with Crippen LogP contribution in [0.3, 0.4) is 0 Å². The molecule has 0 amide bonds. The molecule has 0 aromatic heterocycles. The summed E-state index contributed by atoms with van der Waals surface area (Å²) in [6.45, 7) is 8.35. The molecule has 2 fully saturated rings. The highest BCUT2D eigenvalue weighted by molar-refractivity contribution is 7.80. The maximum absolute atomic E-state index is 5.87. The Morgan fingerprint density at radius 2 is 2.22 bits per heavy atom. The predicted molar refractivity (Wildman–Crippen MR) is 77.9 cm³/mol. The molecule has 2 rings (SSSR count). The second-order valence-electron chi connectivity index (χ2n) is 5.29. The SMILES string of the molecule is CCN1CCOC(CN2CCCCC2C(N)=S)C1. The van der Waals surface area contributed by atoms with Crippen LogP contribution in [0.2, 0.25) is 0 Å². The lowest BCUT2D eigenvalue weighted by atomic mass is 10.0. The van der Waals surface area contributed by atoms with E-state index >= 15 is 0 Å². The fraction of sp³-hybridized carbons (Fsp3) is 0.923. The van der Waals surface area contributed by atoms with Gasteiger partial charge in [-0.05, 0) is 25.9 Å². The molecule has 2 saturated heterocycles. The van der Waals surface area contributed by atoms with E-state index in [1.54, 1.807) is 0 Å². The minimum atomic E-state index is 0.286. The first kappa shape index (κ1) is 14.2. The fourth-order valence-corrected chi connectivity index (χ4v) is 3.24.